The van der Waals surface area contributed by atoms with Crippen molar-refractivity contribution in [2.45, 2.75) is 45.4 Å². The van der Waals surface area contributed by atoms with Crippen LogP contribution in [0.4, 0.5) is 13.2 Å². The van der Waals surface area contributed by atoms with Crippen LogP contribution in [0.1, 0.15) is 33.1 Å². The molecule has 3 unspecified atom stereocenters. The normalized spacial score (nSPS) is 33.5. The standard InChI is InChI=1S/C12H17F3O2/c1-11(2,12(13,14)15)6-17-10-8-4-3-7(5-8)9(10)16/h7-8,10H,3-6H2,1-2H3. The number of Topliss-reactive ketones (excluding diaryl/α,β-unsaturated/α-hetero) is 1. The predicted molar refractivity (Wildman–Crippen MR) is 55.4 cm³/mol. The summed E-state index contributed by atoms with van der Waals surface area (Å²) in [7, 11) is 0. The summed E-state index contributed by atoms with van der Waals surface area (Å²) in [6, 6.07) is 0. The molecule has 2 saturated carbocycles. The molecule has 0 radical (unpaired) electrons. The van der Waals surface area contributed by atoms with Gasteiger partial charge < -0.3 is 4.74 Å². The van der Waals surface area contributed by atoms with Crippen molar-refractivity contribution >= 4 is 5.78 Å². The summed E-state index contributed by atoms with van der Waals surface area (Å²) in [5, 5.41) is 0. The molecule has 5 heteroatoms. The second-order valence-corrected chi connectivity index (χ2v) is 5.79. The maximum atomic E-state index is 12.6. The maximum Gasteiger partial charge on any atom is 0.396 e. The van der Waals surface area contributed by atoms with E-state index in [9.17, 15) is 18.0 Å². The Morgan fingerprint density at radius 1 is 1.29 bits per heavy atom. The Kier molecular flexibility index (Phi) is 3.00. The van der Waals surface area contributed by atoms with Gasteiger partial charge in [-0.05, 0) is 39.0 Å². The van der Waals surface area contributed by atoms with Crippen molar-refractivity contribution in [2.75, 3.05) is 6.61 Å². The Balaban J connectivity index is 1.93. The van der Waals surface area contributed by atoms with Crippen LogP contribution in [0, 0.1) is 17.3 Å². The minimum atomic E-state index is -4.30. The summed E-state index contributed by atoms with van der Waals surface area (Å²) >= 11 is 0. The molecular formula is C12H17F3O2. The summed E-state index contributed by atoms with van der Waals surface area (Å²) in [6.45, 7) is 1.77. The number of halogens is 3. The lowest BCUT2D eigenvalue weighted by atomic mass is 9.92. The van der Waals surface area contributed by atoms with Crippen LogP contribution >= 0.6 is 0 Å². The van der Waals surface area contributed by atoms with E-state index in [1.807, 2.05) is 0 Å². The summed E-state index contributed by atoms with van der Waals surface area (Å²) in [6.07, 6.45) is -2.29. The van der Waals surface area contributed by atoms with Crippen molar-refractivity contribution < 1.29 is 22.7 Å². The molecule has 2 bridgehead atoms. The van der Waals surface area contributed by atoms with Crippen LogP contribution in [0.25, 0.3) is 0 Å². The average molecular weight is 250 g/mol. The Morgan fingerprint density at radius 2 is 1.94 bits per heavy atom. The Bertz CT molecular complexity index is 322. The van der Waals surface area contributed by atoms with E-state index in [2.05, 4.69) is 0 Å². The van der Waals surface area contributed by atoms with Gasteiger partial charge in [-0.2, -0.15) is 13.2 Å². The van der Waals surface area contributed by atoms with Gasteiger partial charge >= 0.3 is 6.18 Å². The van der Waals surface area contributed by atoms with E-state index in [-0.39, 0.29) is 17.6 Å². The zero-order chi connectivity index (χ0) is 12.8. The van der Waals surface area contributed by atoms with Crippen LogP contribution in [-0.4, -0.2) is 24.7 Å². The van der Waals surface area contributed by atoms with Gasteiger partial charge in [0, 0.05) is 5.92 Å². The summed E-state index contributed by atoms with van der Waals surface area (Å²) in [4.78, 5) is 11.7. The van der Waals surface area contributed by atoms with Gasteiger partial charge in [0.1, 0.15) is 6.10 Å². The molecule has 0 amide bonds. The van der Waals surface area contributed by atoms with Gasteiger partial charge in [-0.25, -0.2) is 0 Å². The van der Waals surface area contributed by atoms with E-state index >= 15 is 0 Å². The van der Waals surface area contributed by atoms with Crippen molar-refractivity contribution in [3.05, 3.63) is 0 Å². The van der Waals surface area contributed by atoms with Gasteiger partial charge in [-0.15, -0.1) is 0 Å². The minimum Gasteiger partial charge on any atom is -0.369 e. The number of carbonyl (C=O) groups is 1. The number of rotatable bonds is 3. The molecular weight excluding hydrogens is 233 g/mol. The molecule has 0 N–H and O–H groups in total. The number of ketones is 1. The monoisotopic (exact) mass is 250 g/mol. The highest BCUT2D eigenvalue weighted by atomic mass is 19.4. The molecule has 0 aromatic carbocycles. The average Bonchev–Trinajstić information content (AvgIpc) is 2.74. The van der Waals surface area contributed by atoms with Crippen molar-refractivity contribution in [1.82, 2.24) is 0 Å². The van der Waals surface area contributed by atoms with Gasteiger partial charge in [-0.1, -0.05) is 0 Å². The number of alkyl halides is 3. The molecule has 0 aromatic rings. The largest absolute Gasteiger partial charge is 0.396 e. The predicted octanol–water partition coefficient (Wildman–Crippen LogP) is 2.96. The number of fused-ring (bicyclic) bond motifs is 2. The first kappa shape index (κ1) is 12.9. The lowest BCUT2D eigenvalue weighted by Gasteiger charge is -2.30. The number of ether oxygens (including phenoxy) is 1. The van der Waals surface area contributed by atoms with Crippen LogP contribution in [0.2, 0.25) is 0 Å². The molecule has 2 aliphatic carbocycles. The third-order valence-electron chi connectivity index (χ3n) is 3.98. The van der Waals surface area contributed by atoms with Crippen molar-refractivity contribution in [1.29, 1.82) is 0 Å². The molecule has 0 aliphatic heterocycles. The van der Waals surface area contributed by atoms with Gasteiger partial charge in [0.15, 0.2) is 5.78 Å². The fourth-order valence-corrected chi connectivity index (χ4v) is 2.61. The first-order valence-corrected chi connectivity index (χ1v) is 5.94. The molecule has 98 valence electrons. The highest BCUT2D eigenvalue weighted by molar-refractivity contribution is 5.88. The molecule has 0 aromatic heterocycles. The number of carbonyl (C=O) groups excluding carboxylic acids is 1. The van der Waals surface area contributed by atoms with E-state index in [1.54, 1.807) is 0 Å². The third kappa shape index (κ3) is 2.21. The quantitative estimate of drug-likeness (QED) is 0.769. The van der Waals surface area contributed by atoms with Crippen LogP contribution in [-0.2, 0) is 9.53 Å². The zero-order valence-corrected chi connectivity index (χ0v) is 10.0. The van der Waals surface area contributed by atoms with E-state index in [4.69, 9.17) is 4.74 Å². The molecule has 0 heterocycles. The topological polar surface area (TPSA) is 26.3 Å². The Morgan fingerprint density at radius 3 is 2.41 bits per heavy atom. The molecule has 3 atom stereocenters. The van der Waals surface area contributed by atoms with E-state index in [0.29, 0.717) is 0 Å². The van der Waals surface area contributed by atoms with Crippen molar-refractivity contribution in [2.24, 2.45) is 17.3 Å². The smallest absolute Gasteiger partial charge is 0.369 e. The SMILES string of the molecule is CC(C)(COC1C(=O)C2CCC1C2)C(F)(F)F. The lowest BCUT2D eigenvalue weighted by molar-refractivity contribution is -0.231. The highest BCUT2D eigenvalue weighted by Crippen LogP contribution is 2.45. The van der Waals surface area contributed by atoms with E-state index < -0.39 is 24.3 Å². The second kappa shape index (κ2) is 3.97. The molecule has 2 aliphatic rings. The van der Waals surface area contributed by atoms with Gasteiger partial charge in [0.05, 0.1) is 12.0 Å². The minimum absolute atomic E-state index is 0.0132. The lowest BCUT2D eigenvalue weighted by Crippen LogP contribution is -2.40. The molecule has 2 fully saturated rings. The van der Waals surface area contributed by atoms with Crippen molar-refractivity contribution in [3.63, 3.8) is 0 Å². The van der Waals surface area contributed by atoms with Gasteiger partial charge in [0.2, 0.25) is 0 Å². The van der Waals surface area contributed by atoms with Crippen LogP contribution in [0.3, 0.4) is 0 Å². The molecule has 0 spiro atoms. The van der Waals surface area contributed by atoms with Gasteiger partial charge in [-0.3, -0.25) is 4.79 Å². The molecule has 17 heavy (non-hydrogen) atoms. The first-order valence-electron chi connectivity index (χ1n) is 5.94. The van der Waals surface area contributed by atoms with E-state index in [0.717, 1.165) is 33.1 Å². The molecule has 2 nitrogen and oxygen atoms in total. The third-order valence-corrected chi connectivity index (χ3v) is 3.98. The summed E-state index contributed by atoms with van der Waals surface area (Å²) in [5.74, 6) is 0.203. The zero-order valence-electron chi connectivity index (χ0n) is 10.0. The summed E-state index contributed by atoms with van der Waals surface area (Å²) < 4.78 is 43.2. The number of hydrogen-bond acceptors (Lipinski definition) is 2. The van der Waals surface area contributed by atoms with E-state index in [1.165, 1.54) is 0 Å². The van der Waals surface area contributed by atoms with Gasteiger partial charge in [0.25, 0.3) is 0 Å². The molecule has 2 rings (SSSR count). The first-order chi connectivity index (χ1) is 7.72. The fourth-order valence-electron chi connectivity index (χ4n) is 2.61. The Hall–Kier alpha value is -0.580. The number of hydrogen-bond donors (Lipinski definition) is 0. The highest BCUT2D eigenvalue weighted by Gasteiger charge is 2.51. The second-order valence-electron chi connectivity index (χ2n) is 5.79. The molecule has 0 saturated heterocycles. The fraction of sp³-hybridized carbons (Fsp3) is 0.917. The summed E-state index contributed by atoms with van der Waals surface area (Å²) in [5.41, 5.74) is -1.89. The van der Waals surface area contributed by atoms with Crippen LogP contribution < -0.4 is 0 Å². The Labute approximate surface area is 98.5 Å². The van der Waals surface area contributed by atoms with Crippen LogP contribution in [0.5, 0.6) is 0 Å². The van der Waals surface area contributed by atoms with Crippen molar-refractivity contribution in [3.8, 4) is 0 Å². The maximum absolute atomic E-state index is 12.6. The van der Waals surface area contributed by atoms with Crippen LogP contribution in [0.15, 0.2) is 0 Å².